The fraction of sp³-hybridized carbons (Fsp3) is 0.300. The highest BCUT2D eigenvalue weighted by atomic mass is 35.5. The molecule has 0 aliphatic carbocycles. The fourth-order valence-electron chi connectivity index (χ4n) is 3.22. The number of hydrogen-bond donors (Lipinski definition) is 0. The molecule has 2 aromatic carbocycles. The standard InChI is InChI=1S/C20H19Cl2N3O5S/c1-14-2-5-17(6-3-14)31(26,27)29-10-16-9-28-20(30-16,11-25-13-23-12-24-25)18-7-4-15(21)8-19(18)22/h2-8,12-13,16H,9-11H2,1H3/t16-,20?/m1/s1. The molecule has 0 bridgehead atoms. The van der Waals surface area contributed by atoms with Gasteiger partial charge in [0.2, 0.25) is 5.79 Å². The zero-order valence-electron chi connectivity index (χ0n) is 16.4. The minimum atomic E-state index is -3.94. The lowest BCUT2D eigenvalue weighted by atomic mass is 10.1. The topological polar surface area (TPSA) is 92.5 Å². The van der Waals surface area contributed by atoms with Crippen LogP contribution >= 0.6 is 23.2 Å². The molecule has 1 aliphatic heterocycles. The Morgan fingerprint density at radius 3 is 2.68 bits per heavy atom. The first-order chi connectivity index (χ1) is 14.8. The Hall–Kier alpha value is -2.01. The van der Waals surface area contributed by atoms with E-state index in [0.29, 0.717) is 15.6 Å². The van der Waals surface area contributed by atoms with E-state index >= 15 is 0 Å². The van der Waals surface area contributed by atoms with E-state index < -0.39 is 22.0 Å². The quantitative estimate of drug-likeness (QED) is 0.474. The van der Waals surface area contributed by atoms with E-state index in [4.69, 9.17) is 36.9 Å². The average molecular weight is 484 g/mol. The van der Waals surface area contributed by atoms with Crippen LogP contribution in [0.15, 0.2) is 60.0 Å². The lowest BCUT2D eigenvalue weighted by Crippen LogP contribution is -2.35. The number of halogens is 2. The highest BCUT2D eigenvalue weighted by molar-refractivity contribution is 7.86. The molecule has 2 atom stereocenters. The van der Waals surface area contributed by atoms with Crippen LogP contribution in [0.3, 0.4) is 0 Å². The van der Waals surface area contributed by atoms with Crippen molar-refractivity contribution < 1.29 is 22.1 Å². The Bertz CT molecular complexity index is 1160. The first-order valence-electron chi connectivity index (χ1n) is 9.33. The highest BCUT2D eigenvalue weighted by Crippen LogP contribution is 2.40. The van der Waals surface area contributed by atoms with Crippen molar-refractivity contribution in [3.8, 4) is 0 Å². The number of ether oxygens (including phenoxy) is 2. The van der Waals surface area contributed by atoms with E-state index in [-0.39, 0.29) is 24.7 Å². The number of nitrogens with zero attached hydrogens (tertiary/aromatic N) is 3. The molecule has 164 valence electrons. The average Bonchev–Trinajstić information content (AvgIpc) is 3.38. The zero-order valence-corrected chi connectivity index (χ0v) is 18.8. The van der Waals surface area contributed by atoms with E-state index in [9.17, 15) is 8.42 Å². The number of aromatic nitrogens is 3. The van der Waals surface area contributed by atoms with E-state index in [0.717, 1.165) is 5.56 Å². The van der Waals surface area contributed by atoms with Crippen molar-refractivity contribution >= 4 is 33.3 Å². The van der Waals surface area contributed by atoms with Crippen molar-refractivity contribution in [3.05, 3.63) is 76.3 Å². The number of benzene rings is 2. The minimum absolute atomic E-state index is 0.0756. The van der Waals surface area contributed by atoms with Gasteiger partial charge in [0.05, 0.1) is 23.1 Å². The molecule has 8 nitrogen and oxygen atoms in total. The first kappa shape index (κ1) is 22.2. The summed E-state index contributed by atoms with van der Waals surface area (Å²) in [5.74, 6) is -1.31. The highest BCUT2D eigenvalue weighted by Gasteiger charge is 2.46. The second-order valence-electron chi connectivity index (χ2n) is 7.07. The monoisotopic (exact) mass is 483 g/mol. The van der Waals surface area contributed by atoms with Gasteiger partial charge >= 0.3 is 0 Å². The third-order valence-electron chi connectivity index (χ3n) is 4.76. The maximum atomic E-state index is 12.5. The van der Waals surface area contributed by atoms with Gasteiger partial charge in [-0.2, -0.15) is 13.5 Å². The van der Waals surface area contributed by atoms with Crippen LogP contribution in [-0.2, 0) is 36.1 Å². The molecule has 1 fully saturated rings. The Morgan fingerprint density at radius 1 is 1.23 bits per heavy atom. The molecule has 1 unspecified atom stereocenters. The Labute approximate surface area is 189 Å². The largest absolute Gasteiger partial charge is 0.342 e. The number of rotatable bonds is 7. The lowest BCUT2D eigenvalue weighted by molar-refractivity contribution is -0.190. The summed E-state index contributed by atoms with van der Waals surface area (Å²) in [6.07, 6.45) is 2.25. The van der Waals surface area contributed by atoms with Crippen LogP contribution in [-0.4, -0.2) is 42.5 Å². The third-order valence-corrected chi connectivity index (χ3v) is 6.60. The molecular formula is C20H19Cl2N3O5S. The maximum absolute atomic E-state index is 12.5. The van der Waals surface area contributed by atoms with Crippen LogP contribution in [0.25, 0.3) is 0 Å². The molecule has 2 heterocycles. The van der Waals surface area contributed by atoms with Gasteiger partial charge in [0, 0.05) is 10.6 Å². The van der Waals surface area contributed by atoms with Gasteiger partial charge in [0.25, 0.3) is 10.1 Å². The molecule has 0 radical (unpaired) electrons. The Morgan fingerprint density at radius 2 is 2.00 bits per heavy atom. The third kappa shape index (κ3) is 4.92. The van der Waals surface area contributed by atoms with Crippen LogP contribution in [0.1, 0.15) is 11.1 Å². The molecule has 0 saturated carbocycles. The molecule has 0 amide bonds. The summed E-state index contributed by atoms with van der Waals surface area (Å²) < 4.78 is 43.9. The Balaban J connectivity index is 1.53. The van der Waals surface area contributed by atoms with E-state index in [1.165, 1.54) is 29.5 Å². The molecular weight excluding hydrogens is 465 g/mol. The van der Waals surface area contributed by atoms with E-state index in [1.54, 1.807) is 30.3 Å². The molecule has 11 heteroatoms. The summed E-state index contributed by atoms with van der Waals surface area (Å²) in [5.41, 5.74) is 1.49. The summed E-state index contributed by atoms with van der Waals surface area (Å²) in [5, 5.41) is 4.92. The predicted octanol–water partition coefficient (Wildman–Crippen LogP) is 3.57. The van der Waals surface area contributed by atoms with E-state index in [1.807, 2.05) is 6.92 Å². The lowest BCUT2D eigenvalue weighted by Gasteiger charge is -2.29. The van der Waals surface area contributed by atoms with Crippen LogP contribution in [0, 0.1) is 6.92 Å². The Kier molecular flexibility index (Phi) is 6.34. The van der Waals surface area contributed by atoms with Crippen molar-refractivity contribution in [2.75, 3.05) is 13.2 Å². The molecule has 0 N–H and O–H groups in total. The molecule has 31 heavy (non-hydrogen) atoms. The molecule has 1 saturated heterocycles. The van der Waals surface area contributed by atoms with Gasteiger partial charge in [-0.05, 0) is 31.2 Å². The van der Waals surface area contributed by atoms with E-state index in [2.05, 4.69) is 10.1 Å². The van der Waals surface area contributed by atoms with Gasteiger partial charge in [-0.1, -0.05) is 47.0 Å². The summed E-state index contributed by atoms with van der Waals surface area (Å²) in [6, 6.07) is 11.4. The summed E-state index contributed by atoms with van der Waals surface area (Å²) >= 11 is 12.4. The van der Waals surface area contributed by atoms with Gasteiger partial charge in [-0.15, -0.1) is 0 Å². The molecule has 3 aromatic rings. The van der Waals surface area contributed by atoms with Gasteiger partial charge < -0.3 is 9.47 Å². The van der Waals surface area contributed by atoms with Gasteiger partial charge in [-0.3, -0.25) is 4.18 Å². The second kappa shape index (κ2) is 8.85. The molecule has 1 aliphatic rings. The van der Waals surface area contributed by atoms with Gasteiger partial charge in [0.15, 0.2) is 0 Å². The minimum Gasteiger partial charge on any atom is -0.342 e. The van der Waals surface area contributed by atoms with Crippen molar-refractivity contribution in [1.82, 2.24) is 14.8 Å². The molecule has 1 aromatic heterocycles. The SMILES string of the molecule is Cc1ccc(S(=O)(=O)OC[C@H]2COC(Cn3cncn3)(c3ccc(Cl)cc3Cl)O2)cc1. The summed E-state index contributed by atoms with van der Waals surface area (Å²) in [4.78, 5) is 4.01. The normalized spacial score (nSPS) is 21.5. The van der Waals surface area contributed by atoms with Crippen LogP contribution in [0.5, 0.6) is 0 Å². The smallest absolute Gasteiger partial charge is 0.297 e. The second-order valence-corrected chi connectivity index (χ2v) is 9.53. The molecule has 0 spiro atoms. The van der Waals surface area contributed by atoms with Crippen molar-refractivity contribution in [3.63, 3.8) is 0 Å². The fourth-order valence-corrected chi connectivity index (χ4v) is 4.71. The van der Waals surface area contributed by atoms with Crippen LogP contribution in [0.2, 0.25) is 10.0 Å². The van der Waals surface area contributed by atoms with Gasteiger partial charge in [-0.25, -0.2) is 9.67 Å². The predicted molar refractivity (Wildman–Crippen MR) is 113 cm³/mol. The van der Waals surface area contributed by atoms with Crippen LogP contribution in [0.4, 0.5) is 0 Å². The maximum Gasteiger partial charge on any atom is 0.297 e. The zero-order chi connectivity index (χ0) is 22.1. The summed E-state index contributed by atoms with van der Waals surface area (Å²) in [7, 11) is -3.94. The number of hydrogen-bond acceptors (Lipinski definition) is 7. The van der Waals surface area contributed by atoms with Crippen molar-refractivity contribution in [1.29, 1.82) is 0 Å². The summed E-state index contributed by atoms with van der Waals surface area (Å²) in [6.45, 7) is 1.89. The molecule has 4 rings (SSSR count). The van der Waals surface area contributed by atoms with Crippen molar-refractivity contribution in [2.24, 2.45) is 0 Å². The number of aryl methyl sites for hydroxylation is 1. The van der Waals surface area contributed by atoms with Crippen molar-refractivity contribution in [2.45, 2.75) is 30.3 Å². The first-order valence-corrected chi connectivity index (χ1v) is 11.5. The van der Waals surface area contributed by atoms with Crippen LogP contribution < -0.4 is 0 Å². The van der Waals surface area contributed by atoms with Gasteiger partial charge in [0.1, 0.15) is 25.3 Å².